The van der Waals surface area contributed by atoms with Gasteiger partial charge in [0.15, 0.2) is 0 Å². The standard InChI is InChI=1S/C14H14F2N2O4/c15-14(16)22-10-4-2-1-3-9(10)17-11(19)7-8-18-12(20)5-6-13(18)21/h1-4,14H,5-8H2,(H,17,19). The molecular weight excluding hydrogens is 298 g/mol. The molecule has 0 saturated carbocycles. The first-order valence-electron chi connectivity index (χ1n) is 6.64. The van der Waals surface area contributed by atoms with Crippen molar-refractivity contribution >= 4 is 23.4 Å². The van der Waals surface area contributed by atoms with E-state index < -0.39 is 12.5 Å². The maximum Gasteiger partial charge on any atom is 0.387 e. The molecule has 0 bridgehead atoms. The fourth-order valence-electron chi connectivity index (χ4n) is 2.07. The quantitative estimate of drug-likeness (QED) is 0.812. The SMILES string of the molecule is O=C(CCN1C(=O)CCC1=O)Nc1ccccc1OC(F)F. The van der Waals surface area contributed by atoms with Gasteiger partial charge >= 0.3 is 6.61 Å². The monoisotopic (exact) mass is 312 g/mol. The maximum absolute atomic E-state index is 12.3. The summed E-state index contributed by atoms with van der Waals surface area (Å²) >= 11 is 0. The van der Waals surface area contributed by atoms with E-state index in [9.17, 15) is 23.2 Å². The highest BCUT2D eigenvalue weighted by molar-refractivity contribution is 6.02. The van der Waals surface area contributed by atoms with Crippen LogP contribution < -0.4 is 10.1 Å². The minimum absolute atomic E-state index is 0.0264. The van der Waals surface area contributed by atoms with Crippen LogP contribution in [0.3, 0.4) is 0 Å². The van der Waals surface area contributed by atoms with Crippen LogP contribution in [0, 0.1) is 0 Å². The van der Waals surface area contributed by atoms with E-state index in [1.807, 2.05) is 0 Å². The molecule has 1 fully saturated rings. The minimum atomic E-state index is -3.00. The Balaban J connectivity index is 1.92. The van der Waals surface area contributed by atoms with Crippen molar-refractivity contribution in [2.24, 2.45) is 0 Å². The molecular formula is C14H14F2N2O4. The molecule has 1 aliphatic heterocycles. The average Bonchev–Trinajstić information content (AvgIpc) is 2.77. The van der Waals surface area contributed by atoms with Gasteiger partial charge in [0.2, 0.25) is 17.7 Å². The second-order valence-corrected chi connectivity index (χ2v) is 4.61. The van der Waals surface area contributed by atoms with Gasteiger partial charge in [-0.15, -0.1) is 0 Å². The third-order valence-corrected chi connectivity index (χ3v) is 3.09. The molecule has 0 radical (unpaired) electrons. The predicted molar refractivity (Wildman–Crippen MR) is 72.3 cm³/mol. The minimum Gasteiger partial charge on any atom is -0.433 e. The van der Waals surface area contributed by atoms with Crippen molar-refractivity contribution in [2.75, 3.05) is 11.9 Å². The number of amides is 3. The zero-order chi connectivity index (χ0) is 16.1. The van der Waals surface area contributed by atoms with Gasteiger partial charge in [0.1, 0.15) is 5.75 Å². The Bertz CT molecular complexity index is 576. The van der Waals surface area contributed by atoms with E-state index in [0.717, 1.165) is 4.90 Å². The highest BCUT2D eigenvalue weighted by Crippen LogP contribution is 2.25. The summed E-state index contributed by atoms with van der Waals surface area (Å²) < 4.78 is 28.8. The van der Waals surface area contributed by atoms with Crippen molar-refractivity contribution in [2.45, 2.75) is 25.9 Å². The topological polar surface area (TPSA) is 75.7 Å². The third-order valence-electron chi connectivity index (χ3n) is 3.09. The fraction of sp³-hybridized carbons (Fsp3) is 0.357. The summed E-state index contributed by atoms with van der Waals surface area (Å²) in [5.41, 5.74) is 0.104. The van der Waals surface area contributed by atoms with E-state index in [2.05, 4.69) is 10.1 Å². The van der Waals surface area contributed by atoms with Gasteiger partial charge in [-0.25, -0.2) is 0 Å². The van der Waals surface area contributed by atoms with Crippen molar-refractivity contribution in [3.8, 4) is 5.75 Å². The Morgan fingerprint density at radius 1 is 1.23 bits per heavy atom. The van der Waals surface area contributed by atoms with E-state index in [-0.39, 0.29) is 49.1 Å². The van der Waals surface area contributed by atoms with Crippen molar-refractivity contribution in [3.05, 3.63) is 24.3 Å². The number of nitrogens with one attached hydrogen (secondary N) is 1. The first-order valence-corrected chi connectivity index (χ1v) is 6.64. The van der Waals surface area contributed by atoms with Crippen LogP contribution in [0.5, 0.6) is 5.75 Å². The lowest BCUT2D eigenvalue weighted by Gasteiger charge is -2.14. The fourth-order valence-corrected chi connectivity index (χ4v) is 2.07. The number of hydrogen-bond acceptors (Lipinski definition) is 4. The van der Waals surface area contributed by atoms with Crippen LogP contribution in [-0.4, -0.2) is 35.8 Å². The third kappa shape index (κ3) is 4.00. The lowest BCUT2D eigenvalue weighted by Crippen LogP contribution is -2.32. The Kier molecular flexibility index (Phi) is 5.03. The van der Waals surface area contributed by atoms with Crippen LogP contribution >= 0.6 is 0 Å². The predicted octanol–water partition coefficient (Wildman–Crippen LogP) is 1.77. The summed E-state index contributed by atoms with van der Waals surface area (Å²) in [6, 6.07) is 5.77. The number of halogens is 2. The van der Waals surface area contributed by atoms with Gasteiger partial charge in [0.25, 0.3) is 0 Å². The lowest BCUT2D eigenvalue weighted by molar-refractivity contribution is -0.138. The van der Waals surface area contributed by atoms with E-state index in [1.165, 1.54) is 18.2 Å². The highest BCUT2D eigenvalue weighted by Gasteiger charge is 2.28. The summed E-state index contributed by atoms with van der Waals surface area (Å²) in [5, 5.41) is 2.42. The number of anilines is 1. The molecule has 1 saturated heterocycles. The normalized spacial score (nSPS) is 14.6. The zero-order valence-electron chi connectivity index (χ0n) is 11.6. The molecule has 22 heavy (non-hydrogen) atoms. The van der Waals surface area contributed by atoms with Gasteiger partial charge in [0.05, 0.1) is 5.69 Å². The van der Waals surface area contributed by atoms with Crippen LogP contribution in [0.15, 0.2) is 24.3 Å². The Morgan fingerprint density at radius 3 is 2.50 bits per heavy atom. The molecule has 8 heteroatoms. The van der Waals surface area contributed by atoms with Crippen LogP contribution in [0.25, 0.3) is 0 Å². The number of hydrogen-bond donors (Lipinski definition) is 1. The highest BCUT2D eigenvalue weighted by atomic mass is 19.3. The number of ether oxygens (including phenoxy) is 1. The largest absolute Gasteiger partial charge is 0.433 e. The number of benzene rings is 1. The summed E-state index contributed by atoms with van der Waals surface area (Å²) in [4.78, 5) is 35.6. The number of carbonyl (C=O) groups excluding carboxylic acids is 3. The second kappa shape index (κ2) is 6.97. The van der Waals surface area contributed by atoms with Crippen LogP contribution in [-0.2, 0) is 14.4 Å². The van der Waals surface area contributed by atoms with E-state index in [4.69, 9.17) is 0 Å². The van der Waals surface area contributed by atoms with Crippen molar-refractivity contribution < 1.29 is 27.9 Å². The molecule has 1 heterocycles. The first kappa shape index (κ1) is 15.9. The molecule has 3 amide bonds. The summed E-state index contributed by atoms with van der Waals surface area (Å²) in [5.74, 6) is -1.27. The van der Waals surface area contributed by atoms with E-state index >= 15 is 0 Å². The number of imide groups is 1. The summed E-state index contributed by atoms with van der Waals surface area (Å²) in [6.45, 7) is -3.03. The number of rotatable bonds is 6. The van der Waals surface area contributed by atoms with Crippen LogP contribution in [0.4, 0.5) is 14.5 Å². The average molecular weight is 312 g/mol. The first-order chi connectivity index (χ1) is 10.5. The lowest BCUT2D eigenvalue weighted by atomic mass is 10.2. The van der Waals surface area contributed by atoms with Crippen molar-refractivity contribution in [1.82, 2.24) is 4.90 Å². The molecule has 2 rings (SSSR count). The second-order valence-electron chi connectivity index (χ2n) is 4.61. The van der Waals surface area contributed by atoms with Crippen LogP contribution in [0.2, 0.25) is 0 Å². The van der Waals surface area contributed by atoms with Gasteiger partial charge in [0, 0.05) is 25.8 Å². The molecule has 118 valence electrons. The number of nitrogens with zero attached hydrogens (tertiary/aromatic N) is 1. The van der Waals surface area contributed by atoms with Gasteiger partial charge in [-0.3, -0.25) is 19.3 Å². The number of likely N-dealkylation sites (tertiary alicyclic amines) is 1. The number of para-hydroxylation sites is 2. The molecule has 0 aliphatic carbocycles. The molecule has 1 aromatic rings. The summed E-state index contributed by atoms with van der Waals surface area (Å²) in [7, 11) is 0. The zero-order valence-corrected chi connectivity index (χ0v) is 11.6. The Morgan fingerprint density at radius 2 is 1.86 bits per heavy atom. The van der Waals surface area contributed by atoms with Gasteiger partial charge in [-0.05, 0) is 12.1 Å². The van der Waals surface area contributed by atoms with Crippen molar-refractivity contribution in [3.63, 3.8) is 0 Å². The molecule has 0 aromatic heterocycles. The molecule has 0 atom stereocenters. The van der Waals surface area contributed by atoms with Gasteiger partial charge < -0.3 is 10.1 Å². The van der Waals surface area contributed by atoms with Crippen LogP contribution in [0.1, 0.15) is 19.3 Å². The molecule has 0 unspecified atom stereocenters. The molecule has 1 aromatic carbocycles. The van der Waals surface area contributed by atoms with E-state index in [0.29, 0.717) is 0 Å². The molecule has 6 nitrogen and oxygen atoms in total. The molecule has 1 aliphatic rings. The van der Waals surface area contributed by atoms with Crippen molar-refractivity contribution in [1.29, 1.82) is 0 Å². The maximum atomic E-state index is 12.3. The molecule has 1 N–H and O–H groups in total. The van der Waals surface area contributed by atoms with E-state index in [1.54, 1.807) is 6.07 Å². The van der Waals surface area contributed by atoms with Gasteiger partial charge in [-0.2, -0.15) is 8.78 Å². The smallest absolute Gasteiger partial charge is 0.387 e. The van der Waals surface area contributed by atoms with Gasteiger partial charge in [-0.1, -0.05) is 12.1 Å². The number of alkyl halides is 2. The molecule has 0 spiro atoms. The summed E-state index contributed by atoms with van der Waals surface area (Å²) in [6.07, 6.45) is 0.206. The Hall–Kier alpha value is -2.51. The Labute approximate surface area is 125 Å². The number of carbonyl (C=O) groups is 3.